The van der Waals surface area contributed by atoms with Crippen LogP contribution in [0.25, 0.3) is 10.9 Å². The number of carbonyl (C=O) groups excluding carboxylic acids is 3. The molecule has 2 fully saturated rings. The molecule has 0 saturated carbocycles. The van der Waals surface area contributed by atoms with Gasteiger partial charge >= 0.3 is 5.97 Å². The zero-order valence-electron chi connectivity index (χ0n) is 21.9. The van der Waals surface area contributed by atoms with E-state index in [2.05, 4.69) is 10.6 Å². The van der Waals surface area contributed by atoms with E-state index in [1.807, 2.05) is 6.92 Å². The van der Waals surface area contributed by atoms with E-state index in [0.29, 0.717) is 17.6 Å². The van der Waals surface area contributed by atoms with Crippen molar-refractivity contribution in [3.63, 3.8) is 0 Å². The van der Waals surface area contributed by atoms with Crippen LogP contribution in [0, 0.1) is 5.82 Å². The van der Waals surface area contributed by atoms with Crippen molar-refractivity contribution in [2.75, 3.05) is 0 Å². The molecule has 2 aromatic carbocycles. The van der Waals surface area contributed by atoms with Gasteiger partial charge in [-0.2, -0.15) is 0 Å². The minimum atomic E-state index is -1.28. The maximum Gasteiger partial charge on any atom is 0.327 e. The SMILES string of the molecule is CCn1cc(C(=O)N[C@@H](C(=O)N[C@@H]2C(=O)N3[C@@H]2SC(C)(C)[C@@H]3C(=O)O)c2ccccc2)c(=O)c2cc(F)ccc21. The molecule has 2 aliphatic heterocycles. The number of aryl methyl sites for hydroxylation is 1. The first kappa shape index (κ1) is 27.4. The van der Waals surface area contributed by atoms with E-state index in [1.165, 1.54) is 35.0 Å². The summed E-state index contributed by atoms with van der Waals surface area (Å²) < 4.78 is 14.8. The van der Waals surface area contributed by atoms with E-state index in [1.54, 1.807) is 48.7 Å². The van der Waals surface area contributed by atoms with Gasteiger partial charge in [0.25, 0.3) is 5.91 Å². The number of thioether (sulfide) groups is 1. The van der Waals surface area contributed by atoms with E-state index in [9.17, 15) is 33.5 Å². The maximum atomic E-state index is 14.0. The van der Waals surface area contributed by atoms with Crippen LogP contribution in [0.3, 0.4) is 0 Å². The third-order valence-corrected chi connectivity index (χ3v) is 8.84. The molecule has 0 aliphatic carbocycles. The average Bonchev–Trinajstić information content (AvgIpc) is 3.18. The summed E-state index contributed by atoms with van der Waals surface area (Å²) in [5.74, 6) is -3.81. The molecule has 12 heteroatoms. The van der Waals surface area contributed by atoms with Gasteiger partial charge in [0.05, 0.1) is 5.52 Å². The molecule has 3 amide bonds. The zero-order valence-corrected chi connectivity index (χ0v) is 22.7. The number of hydrogen-bond acceptors (Lipinski definition) is 6. The zero-order chi connectivity index (χ0) is 28.9. The fourth-order valence-corrected chi connectivity index (χ4v) is 6.96. The highest BCUT2D eigenvalue weighted by molar-refractivity contribution is 8.01. The number of rotatable bonds is 7. The van der Waals surface area contributed by atoms with Crippen LogP contribution >= 0.6 is 11.8 Å². The maximum absolute atomic E-state index is 14.0. The number of nitrogens with one attached hydrogen (secondary N) is 2. The number of amides is 3. The summed E-state index contributed by atoms with van der Waals surface area (Å²) in [6.45, 7) is 5.67. The molecule has 4 atom stereocenters. The number of β-lactam (4-membered cyclic amide) rings is 1. The lowest BCUT2D eigenvalue weighted by Crippen LogP contribution is -2.71. The number of aliphatic carboxylic acids is 1. The van der Waals surface area contributed by atoms with Crippen molar-refractivity contribution in [2.24, 2.45) is 0 Å². The summed E-state index contributed by atoms with van der Waals surface area (Å²) in [6, 6.07) is 8.79. The van der Waals surface area contributed by atoms with Crippen LogP contribution in [0.15, 0.2) is 59.5 Å². The van der Waals surface area contributed by atoms with Crippen molar-refractivity contribution < 1.29 is 28.7 Å². The average molecular weight is 567 g/mol. The first-order chi connectivity index (χ1) is 18.9. The van der Waals surface area contributed by atoms with Crippen molar-refractivity contribution in [3.8, 4) is 0 Å². The van der Waals surface area contributed by atoms with Gasteiger partial charge in [0, 0.05) is 22.9 Å². The Hall–Kier alpha value is -4.19. The third-order valence-electron chi connectivity index (χ3n) is 7.27. The Morgan fingerprint density at radius 2 is 1.82 bits per heavy atom. The van der Waals surface area contributed by atoms with Crippen LogP contribution in [-0.2, 0) is 20.9 Å². The summed E-state index contributed by atoms with van der Waals surface area (Å²) in [4.78, 5) is 66.1. The van der Waals surface area contributed by atoms with Gasteiger partial charge in [-0.3, -0.25) is 19.2 Å². The molecular formula is C28H27FN4O6S. The molecule has 0 bridgehead atoms. The highest BCUT2D eigenvalue weighted by Crippen LogP contribution is 2.50. The molecule has 10 nitrogen and oxygen atoms in total. The minimum absolute atomic E-state index is 0.0317. The van der Waals surface area contributed by atoms with Crippen LogP contribution in [-0.4, -0.2) is 60.5 Å². The molecule has 2 aliphatic rings. The second-order valence-corrected chi connectivity index (χ2v) is 12.0. The molecule has 3 N–H and O–H groups in total. The molecule has 3 aromatic rings. The Balaban J connectivity index is 1.44. The molecule has 2 saturated heterocycles. The van der Waals surface area contributed by atoms with Gasteiger partial charge in [-0.05, 0) is 44.5 Å². The molecular weight excluding hydrogens is 539 g/mol. The van der Waals surface area contributed by atoms with Gasteiger partial charge < -0.3 is 25.2 Å². The number of hydrogen-bond donors (Lipinski definition) is 3. The van der Waals surface area contributed by atoms with Crippen LogP contribution in [0.4, 0.5) is 4.39 Å². The lowest BCUT2D eigenvalue weighted by molar-refractivity contribution is -0.161. The summed E-state index contributed by atoms with van der Waals surface area (Å²) in [5, 5.41) is 14.4. The van der Waals surface area contributed by atoms with Crippen LogP contribution < -0.4 is 16.1 Å². The standard InChI is InChI=1S/C28H27FN4O6S/c1-4-32-13-17(21(34)16-12-15(29)10-11-18(16)32)23(35)30-19(14-8-6-5-7-9-14)24(36)31-20-25(37)33-22(27(38)39)28(2,3)40-26(20)33/h5-13,19-20,22,26H,4H2,1-3H3,(H,30,35)(H,31,36)(H,38,39)/t19-,20-,22+,26-/m1/s1. The van der Waals surface area contributed by atoms with E-state index in [0.717, 1.165) is 6.07 Å². The van der Waals surface area contributed by atoms with Crippen molar-refractivity contribution in [2.45, 2.75) is 55.6 Å². The smallest absolute Gasteiger partial charge is 0.327 e. The topological polar surface area (TPSA) is 138 Å². The van der Waals surface area contributed by atoms with Crippen molar-refractivity contribution in [1.29, 1.82) is 0 Å². The van der Waals surface area contributed by atoms with Crippen molar-refractivity contribution in [1.82, 2.24) is 20.1 Å². The normalized spacial score (nSPS) is 21.9. The number of carboxylic acids is 1. The van der Waals surface area contributed by atoms with E-state index < -0.39 is 63.2 Å². The summed E-state index contributed by atoms with van der Waals surface area (Å²) in [5.41, 5.74) is -0.0787. The Morgan fingerprint density at radius 3 is 2.48 bits per heavy atom. The minimum Gasteiger partial charge on any atom is -0.480 e. The monoisotopic (exact) mass is 566 g/mol. The molecule has 0 radical (unpaired) electrons. The van der Waals surface area contributed by atoms with Crippen molar-refractivity contribution >= 4 is 46.4 Å². The second kappa shape index (κ2) is 10.1. The number of carbonyl (C=O) groups is 4. The number of fused-ring (bicyclic) bond motifs is 2. The number of nitrogens with zero attached hydrogens (tertiary/aromatic N) is 2. The summed E-state index contributed by atoms with van der Waals surface area (Å²) in [7, 11) is 0. The van der Waals surface area contributed by atoms with Gasteiger partial charge in [-0.15, -0.1) is 11.8 Å². The molecule has 0 unspecified atom stereocenters. The van der Waals surface area contributed by atoms with Crippen LogP contribution in [0.5, 0.6) is 0 Å². The number of pyridine rings is 1. The quantitative estimate of drug-likeness (QED) is 0.373. The molecule has 40 heavy (non-hydrogen) atoms. The largest absolute Gasteiger partial charge is 0.480 e. The molecule has 5 rings (SSSR count). The fraction of sp³-hybridized carbons (Fsp3) is 0.321. The number of halogens is 1. The highest BCUT2D eigenvalue weighted by Gasteiger charge is 2.64. The molecule has 3 heterocycles. The number of benzene rings is 2. The lowest BCUT2D eigenvalue weighted by atomic mass is 9.95. The predicted octanol–water partition coefficient (Wildman–Crippen LogP) is 2.26. The second-order valence-electron chi connectivity index (χ2n) is 10.2. The van der Waals surface area contributed by atoms with Crippen LogP contribution in [0.1, 0.15) is 42.7 Å². The molecule has 1 aromatic heterocycles. The third kappa shape index (κ3) is 4.51. The lowest BCUT2D eigenvalue weighted by Gasteiger charge is -2.44. The first-order valence-corrected chi connectivity index (χ1v) is 13.5. The Bertz CT molecular complexity index is 1610. The Labute approximate surface area is 232 Å². The summed E-state index contributed by atoms with van der Waals surface area (Å²) >= 11 is 1.28. The van der Waals surface area contributed by atoms with Gasteiger partial charge in [0.1, 0.15) is 34.9 Å². The van der Waals surface area contributed by atoms with Gasteiger partial charge in [0.15, 0.2) is 0 Å². The van der Waals surface area contributed by atoms with E-state index >= 15 is 0 Å². The number of carboxylic acid groups (broad SMARTS) is 1. The van der Waals surface area contributed by atoms with Crippen LogP contribution in [0.2, 0.25) is 0 Å². The van der Waals surface area contributed by atoms with Gasteiger partial charge in [-0.1, -0.05) is 30.3 Å². The highest BCUT2D eigenvalue weighted by atomic mass is 32.2. The first-order valence-electron chi connectivity index (χ1n) is 12.7. The van der Waals surface area contributed by atoms with E-state index in [-0.39, 0.29) is 10.9 Å². The van der Waals surface area contributed by atoms with Gasteiger partial charge in [-0.25, -0.2) is 9.18 Å². The molecule has 0 spiro atoms. The predicted molar refractivity (Wildman–Crippen MR) is 146 cm³/mol. The Morgan fingerprint density at radius 1 is 1.12 bits per heavy atom. The van der Waals surface area contributed by atoms with Gasteiger partial charge in [0.2, 0.25) is 17.2 Å². The van der Waals surface area contributed by atoms with Crippen molar-refractivity contribution in [3.05, 3.63) is 81.9 Å². The fourth-order valence-electron chi connectivity index (χ4n) is 5.33. The molecule has 208 valence electrons. The number of aromatic nitrogens is 1. The van der Waals surface area contributed by atoms with E-state index in [4.69, 9.17) is 0 Å². The summed E-state index contributed by atoms with van der Waals surface area (Å²) in [6.07, 6.45) is 1.37. The Kier molecular flexibility index (Phi) is 6.90.